The topological polar surface area (TPSA) is 0 Å². The second-order valence-corrected chi connectivity index (χ2v) is 5.52. The molecule has 0 heterocycles. The molecule has 0 unspecified atom stereocenters. The van der Waals surface area contributed by atoms with Gasteiger partial charge in [0.1, 0.15) is 0 Å². The average molecular weight is 289 g/mol. The molecule has 4 aromatic rings. The summed E-state index contributed by atoms with van der Waals surface area (Å²) in [6.07, 6.45) is 0. The van der Waals surface area contributed by atoms with Crippen LogP contribution in [-0.4, -0.2) is 0 Å². The minimum atomic E-state index is 0.829. The zero-order chi connectivity index (χ0) is 14.2. The molecule has 0 atom stereocenters. The zero-order valence-corrected chi connectivity index (χ0v) is 12.1. The van der Waals surface area contributed by atoms with Gasteiger partial charge in [-0.3, -0.25) is 0 Å². The van der Waals surface area contributed by atoms with Gasteiger partial charge in [-0.1, -0.05) is 90.5 Å². The smallest absolute Gasteiger partial charge is 0.0569 e. The Morgan fingerprint density at radius 1 is 0.476 bits per heavy atom. The molecule has 0 aromatic heterocycles. The van der Waals surface area contributed by atoms with E-state index >= 15 is 0 Å². The molecule has 21 heavy (non-hydrogen) atoms. The summed E-state index contributed by atoms with van der Waals surface area (Å²) in [5, 5.41) is 5.59. The van der Waals surface area contributed by atoms with Crippen LogP contribution in [0.2, 0.25) is 5.02 Å². The van der Waals surface area contributed by atoms with Crippen LogP contribution in [0.15, 0.2) is 78.9 Å². The van der Waals surface area contributed by atoms with Crippen molar-refractivity contribution >= 4 is 33.1 Å². The highest BCUT2D eigenvalue weighted by Gasteiger charge is 2.13. The van der Waals surface area contributed by atoms with Crippen molar-refractivity contribution in [2.24, 2.45) is 0 Å². The van der Waals surface area contributed by atoms with E-state index in [1.54, 1.807) is 0 Å². The van der Waals surface area contributed by atoms with Crippen molar-refractivity contribution in [3.8, 4) is 11.1 Å². The van der Waals surface area contributed by atoms with E-state index < -0.39 is 0 Å². The van der Waals surface area contributed by atoms with E-state index in [0.717, 1.165) is 21.5 Å². The van der Waals surface area contributed by atoms with Gasteiger partial charge in [0, 0.05) is 10.9 Å². The fraction of sp³-hybridized carbons (Fsp3) is 0. The molecule has 0 bridgehead atoms. The van der Waals surface area contributed by atoms with Crippen LogP contribution in [0.1, 0.15) is 0 Å². The maximum Gasteiger partial charge on any atom is 0.0569 e. The maximum absolute atomic E-state index is 6.76. The first-order valence-electron chi connectivity index (χ1n) is 7.00. The number of rotatable bonds is 1. The van der Waals surface area contributed by atoms with Gasteiger partial charge in [-0.25, -0.2) is 0 Å². The molecule has 4 aromatic carbocycles. The lowest BCUT2D eigenvalue weighted by molar-refractivity contribution is 1.66. The zero-order valence-electron chi connectivity index (χ0n) is 11.4. The minimum Gasteiger partial charge on any atom is -0.0830 e. The molecular weight excluding hydrogens is 276 g/mol. The fourth-order valence-corrected chi connectivity index (χ4v) is 3.36. The van der Waals surface area contributed by atoms with Crippen LogP contribution < -0.4 is 0 Å². The molecule has 4 rings (SSSR count). The quantitative estimate of drug-likeness (QED) is 0.360. The summed E-state index contributed by atoms with van der Waals surface area (Å²) in [5.74, 6) is 0. The summed E-state index contributed by atoms with van der Waals surface area (Å²) < 4.78 is 0. The Hall–Kier alpha value is -2.31. The van der Waals surface area contributed by atoms with Crippen LogP contribution in [0.4, 0.5) is 0 Å². The van der Waals surface area contributed by atoms with Gasteiger partial charge in [0.25, 0.3) is 0 Å². The number of benzene rings is 4. The number of hydrogen-bond donors (Lipinski definition) is 0. The third-order valence-corrected chi connectivity index (χ3v) is 4.32. The van der Waals surface area contributed by atoms with Crippen LogP contribution in [0.25, 0.3) is 32.7 Å². The Labute approximate surface area is 128 Å². The normalized spacial score (nSPS) is 11.1. The molecule has 0 N–H and O–H groups in total. The van der Waals surface area contributed by atoms with Crippen LogP contribution >= 0.6 is 11.6 Å². The van der Waals surface area contributed by atoms with E-state index in [4.69, 9.17) is 11.6 Å². The third-order valence-electron chi connectivity index (χ3n) is 3.93. The van der Waals surface area contributed by atoms with Gasteiger partial charge in [-0.2, -0.15) is 0 Å². The molecule has 0 saturated heterocycles. The Bertz CT molecular complexity index is 940. The molecule has 0 radical (unpaired) electrons. The first-order valence-corrected chi connectivity index (χ1v) is 7.38. The molecule has 1 heteroatoms. The number of halogens is 1. The predicted molar refractivity (Wildman–Crippen MR) is 91.9 cm³/mol. The van der Waals surface area contributed by atoms with E-state index in [2.05, 4.69) is 66.7 Å². The van der Waals surface area contributed by atoms with Gasteiger partial charge in [0.05, 0.1) is 5.02 Å². The van der Waals surface area contributed by atoms with E-state index in [1.165, 1.54) is 16.2 Å². The number of hydrogen-bond acceptors (Lipinski definition) is 0. The van der Waals surface area contributed by atoms with E-state index in [-0.39, 0.29) is 0 Å². The summed E-state index contributed by atoms with van der Waals surface area (Å²) in [6, 6.07) is 27.2. The largest absolute Gasteiger partial charge is 0.0830 e. The Morgan fingerprint density at radius 2 is 0.952 bits per heavy atom. The lowest BCUT2D eigenvalue weighted by Crippen LogP contribution is -1.86. The molecule has 100 valence electrons. The second-order valence-electron chi connectivity index (χ2n) is 5.15. The third kappa shape index (κ3) is 1.91. The lowest BCUT2D eigenvalue weighted by atomic mass is 9.93. The van der Waals surface area contributed by atoms with E-state index in [0.29, 0.717) is 0 Å². The van der Waals surface area contributed by atoms with Crippen molar-refractivity contribution in [2.75, 3.05) is 0 Å². The molecule has 0 aliphatic heterocycles. The lowest BCUT2D eigenvalue weighted by Gasteiger charge is -2.13. The molecule has 0 amide bonds. The van der Waals surface area contributed by atoms with Gasteiger partial charge in [-0.15, -0.1) is 0 Å². The average Bonchev–Trinajstić information content (AvgIpc) is 2.56. The molecule has 0 saturated carbocycles. The summed E-state index contributed by atoms with van der Waals surface area (Å²) >= 11 is 6.76. The van der Waals surface area contributed by atoms with E-state index in [1.807, 2.05) is 12.1 Å². The molecular formula is C20H13Cl. The second kappa shape index (κ2) is 4.91. The highest BCUT2D eigenvalue weighted by molar-refractivity contribution is 6.41. The van der Waals surface area contributed by atoms with Gasteiger partial charge in [0.15, 0.2) is 0 Å². The van der Waals surface area contributed by atoms with Crippen molar-refractivity contribution in [3.05, 3.63) is 83.9 Å². The van der Waals surface area contributed by atoms with Gasteiger partial charge in [0.2, 0.25) is 0 Å². The van der Waals surface area contributed by atoms with E-state index in [9.17, 15) is 0 Å². The Kier molecular flexibility index (Phi) is 2.90. The van der Waals surface area contributed by atoms with Crippen molar-refractivity contribution in [2.45, 2.75) is 0 Å². The standard InChI is InChI=1S/C20H13Cl/c21-20-18-13-7-5-11-16(18)15-10-4-6-12-17(15)19(20)14-8-2-1-3-9-14/h1-13H. The summed E-state index contributed by atoms with van der Waals surface area (Å²) in [6.45, 7) is 0. The predicted octanol–water partition coefficient (Wildman–Crippen LogP) is 6.31. The highest BCUT2D eigenvalue weighted by atomic mass is 35.5. The molecule has 0 aliphatic rings. The summed E-state index contributed by atoms with van der Waals surface area (Å²) in [7, 11) is 0. The first kappa shape index (κ1) is 12.4. The SMILES string of the molecule is Clc1c(-c2ccccc2)c2ccccc2c2ccccc12. The Balaban J connectivity index is 2.26. The van der Waals surface area contributed by atoms with Crippen molar-refractivity contribution in [3.63, 3.8) is 0 Å². The number of fused-ring (bicyclic) bond motifs is 3. The van der Waals surface area contributed by atoms with Gasteiger partial charge >= 0.3 is 0 Å². The maximum atomic E-state index is 6.76. The first-order chi connectivity index (χ1) is 10.4. The Morgan fingerprint density at radius 3 is 1.62 bits per heavy atom. The van der Waals surface area contributed by atoms with Crippen molar-refractivity contribution in [1.82, 2.24) is 0 Å². The van der Waals surface area contributed by atoms with Crippen LogP contribution in [0.5, 0.6) is 0 Å². The van der Waals surface area contributed by atoms with Gasteiger partial charge in [-0.05, 0) is 21.7 Å². The van der Waals surface area contributed by atoms with Crippen LogP contribution in [0.3, 0.4) is 0 Å². The molecule has 0 aliphatic carbocycles. The van der Waals surface area contributed by atoms with Crippen molar-refractivity contribution in [1.29, 1.82) is 0 Å². The fourth-order valence-electron chi connectivity index (χ4n) is 2.99. The van der Waals surface area contributed by atoms with Crippen LogP contribution in [0, 0.1) is 0 Å². The van der Waals surface area contributed by atoms with Gasteiger partial charge < -0.3 is 0 Å². The molecule has 0 nitrogen and oxygen atoms in total. The molecule has 0 fully saturated rings. The minimum absolute atomic E-state index is 0.829. The van der Waals surface area contributed by atoms with Crippen LogP contribution in [-0.2, 0) is 0 Å². The monoisotopic (exact) mass is 288 g/mol. The molecule has 0 spiro atoms. The summed E-state index contributed by atoms with van der Waals surface area (Å²) in [5.41, 5.74) is 2.27. The highest BCUT2D eigenvalue weighted by Crippen LogP contribution is 2.41. The van der Waals surface area contributed by atoms with Crippen molar-refractivity contribution < 1.29 is 0 Å². The summed E-state index contributed by atoms with van der Waals surface area (Å²) in [4.78, 5) is 0.